The minimum Gasteiger partial charge on any atom is -0.364 e. The molecule has 1 heterocycles. The molecule has 1 aliphatic rings. The van der Waals surface area contributed by atoms with Crippen molar-refractivity contribution < 1.29 is 4.79 Å². The molecular formula is C15H21N3OS. The molecule has 1 aromatic rings. The molecule has 0 saturated heterocycles. The first-order valence-electron chi connectivity index (χ1n) is 7.06. The van der Waals surface area contributed by atoms with Crippen LogP contribution in [-0.4, -0.2) is 30.7 Å². The first kappa shape index (κ1) is 14.9. The maximum Gasteiger partial charge on any atom is 0.221 e. The minimum atomic E-state index is 0.0996. The minimum absolute atomic E-state index is 0.0996. The lowest BCUT2D eigenvalue weighted by Crippen LogP contribution is -2.29. The fraction of sp³-hybridized carbons (Fsp3) is 0.467. The van der Waals surface area contributed by atoms with Gasteiger partial charge in [-0.05, 0) is 12.0 Å². The van der Waals surface area contributed by atoms with Crippen LogP contribution in [0.3, 0.4) is 0 Å². The highest BCUT2D eigenvalue weighted by Crippen LogP contribution is 2.33. The van der Waals surface area contributed by atoms with Gasteiger partial charge in [0.1, 0.15) is 0 Å². The van der Waals surface area contributed by atoms with Crippen molar-refractivity contribution in [3.8, 4) is 0 Å². The molecule has 0 fully saturated rings. The molecule has 0 spiro atoms. The van der Waals surface area contributed by atoms with Crippen LogP contribution in [0.25, 0.3) is 0 Å². The molecule has 0 saturated carbocycles. The number of nitrogens with zero attached hydrogens (tertiary/aromatic N) is 1. The number of rotatable bonds is 6. The van der Waals surface area contributed by atoms with E-state index >= 15 is 0 Å². The van der Waals surface area contributed by atoms with E-state index in [0.717, 1.165) is 24.7 Å². The van der Waals surface area contributed by atoms with Gasteiger partial charge in [0.2, 0.25) is 5.91 Å². The predicted octanol–water partition coefficient (Wildman–Crippen LogP) is 2.34. The zero-order chi connectivity index (χ0) is 14.2. The third-order valence-electron chi connectivity index (χ3n) is 3.03. The molecule has 1 aromatic carbocycles. The van der Waals surface area contributed by atoms with Gasteiger partial charge in [-0.2, -0.15) is 0 Å². The van der Waals surface area contributed by atoms with Crippen LogP contribution in [0.2, 0.25) is 0 Å². The number of carbonyl (C=O) groups is 1. The van der Waals surface area contributed by atoms with Crippen LogP contribution in [-0.2, 0) is 4.79 Å². The quantitative estimate of drug-likeness (QED) is 0.846. The van der Waals surface area contributed by atoms with Gasteiger partial charge in [0.05, 0.1) is 11.8 Å². The second-order valence-electron chi connectivity index (χ2n) is 4.69. The number of amidine groups is 1. The van der Waals surface area contributed by atoms with Crippen LogP contribution in [0.4, 0.5) is 0 Å². The van der Waals surface area contributed by atoms with Crippen LogP contribution in [0.5, 0.6) is 0 Å². The van der Waals surface area contributed by atoms with Crippen molar-refractivity contribution in [3.63, 3.8) is 0 Å². The van der Waals surface area contributed by atoms with E-state index in [0.29, 0.717) is 18.2 Å². The van der Waals surface area contributed by atoms with Crippen molar-refractivity contribution in [3.05, 3.63) is 35.9 Å². The third kappa shape index (κ3) is 4.56. The van der Waals surface area contributed by atoms with Crippen molar-refractivity contribution in [1.82, 2.24) is 10.6 Å². The van der Waals surface area contributed by atoms with Gasteiger partial charge in [-0.15, -0.1) is 0 Å². The average Bonchev–Trinajstić information content (AvgIpc) is 2.95. The highest BCUT2D eigenvalue weighted by atomic mass is 32.2. The number of carbonyl (C=O) groups excluding carboxylic acids is 1. The van der Waals surface area contributed by atoms with Gasteiger partial charge in [0, 0.05) is 19.5 Å². The van der Waals surface area contributed by atoms with E-state index in [1.807, 2.05) is 13.0 Å². The Morgan fingerprint density at radius 1 is 1.35 bits per heavy atom. The van der Waals surface area contributed by atoms with Crippen molar-refractivity contribution >= 4 is 22.8 Å². The molecule has 5 heteroatoms. The van der Waals surface area contributed by atoms with Gasteiger partial charge in [-0.3, -0.25) is 9.79 Å². The van der Waals surface area contributed by atoms with Gasteiger partial charge in [0.25, 0.3) is 0 Å². The van der Waals surface area contributed by atoms with Crippen LogP contribution in [0.1, 0.15) is 30.6 Å². The highest BCUT2D eigenvalue weighted by Gasteiger charge is 2.20. The molecule has 0 aliphatic carbocycles. The summed E-state index contributed by atoms with van der Waals surface area (Å²) in [7, 11) is 0. The topological polar surface area (TPSA) is 53.5 Å². The smallest absolute Gasteiger partial charge is 0.221 e. The zero-order valence-corrected chi connectivity index (χ0v) is 12.6. The molecule has 0 radical (unpaired) electrons. The van der Waals surface area contributed by atoms with Crippen LogP contribution in [0.15, 0.2) is 35.3 Å². The molecule has 1 atom stereocenters. The van der Waals surface area contributed by atoms with E-state index < -0.39 is 0 Å². The summed E-state index contributed by atoms with van der Waals surface area (Å²) in [5, 5.41) is 7.45. The molecule has 1 amide bonds. The number of hydrogen-bond donors (Lipinski definition) is 2. The Labute approximate surface area is 124 Å². The Bertz CT molecular complexity index is 461. The Hall–Kier alpha value is -1.49. The lowest BCUT2D eigenvalue weighted by atomic mass is 10.1. The largest absolute Gasteiger partial charge is 0.364 e. The van der Waals surface area contributed by atoms with E-state index in [-0.39, 0.29) is 5.91 Å². The Morgan fingerprint density at radius 2 is 2.15 bits per heavy atom. The van der Waals surface area contributed by atoms with Gasteiger partial charge >= 0.3 is 0 Å². The van der Waals surface area contributed by atoms with Gasteiger partial charge in [0.15, 0.2) is 5.17 Å². The first-order valence-corrected chi connectivity index (χ1v) is 7.94. The van der Waals surface area contributed by atoms with Crippen LogP contribution >= 0.6 is 11.8 Å². The summed E-state index contributed by atoms with van der Waals surface area (Å²) in [6.07, 6.45) is 1.47. The summed E-state index contributed by atoms with van der Waals surface area (Å²) >= 11 is 1.74. The fourth-order valence-corrected chi connectivity index (χ4v) is 3.00. The number of amides is 1. The Balaban J connectivity index is 1.67. The summed E-state index contributed by atoms with van der Waals surface area (Å²) in [6, 6.07) is 10.4. The predicted molar refractivity (Wildman–Crippen MR) is 85.0 cm³/mol. The molecule has 2 rings (SSSR count). The summed E-state index contributed by atoms with van der Waals surface area (Å²) in [5.41, 5.74) is 1.30. The van der Waals surface area contributed by atoms with Crippen molar-refractivity contribution in [2.45, 2.75) is 25.0 Å². The molecule has 20 heavy (non-hydrogen) atoms. The molecule has 1 unspecified atom stereocenters. The van der Waals surface area contributed by atoms with E-state index in [1.165, 1.54) is 5.56 Å². The second-order valence-corrected chi connectivity index (χ2v) is 5.88. The number of nitrogens with one attached hydrogen (secondary N) is 2. The molecule has 108 valence electrons. The molecule has 4 nitrogen and oxygen atoms in total. The zero-order valence-electron chi connectivity index (χ0n) is 11.8. The molecule has 0 bridgehead atoms. The first-order chi connectivity index (χ1) is 9.79. The molecule has 2 N–H and O–H groups in total. The van der Waals surface area contributed by atoms with Gasteiger partial charge < -0.3 is 10.6 Å². The summed E-state index contributed by atoms with van der Waals surface area (Å²) in [6.45, 7) is 4.25. The standard InChI is InChI=1S/C15H21N3OS/c1-2-9-16-14(19)8-10-17-15-18-11-13(20-15)12-6-4-3-5-7-12/h3-7,13H,2,8-11H2,1H3,(H,16,19)(H,17,18). The molecular weight excluding hydrogens is 270 g/mol. The average molecular weight is 291 g/mol. The van der Waals surface area contributed by atoms with E-state index in [4.69, 9.17) is 0 Å². The molecule has 1 aliphatic heterocycles. The Morgan fingerprint density at radius 3 is 2.90 bits per heavy atom. The van der Waals surface area contributed by atoms with Gasteiger partial charge in [-0.25, -0.2) is 0 Å². The van der Waals surface area contributed by atoms with E-state index in [1.54, 1.807) is 11.8 Å². The normalized spacial score (nSPS) is 17.6. The third-order valence-corrected chi connectivity index (χ3v) is 4.23. The van der Waals surface area contributed by atoms with Crippen molar-refractivity contribution in [2.24, 2.45) is 4.99 Å². The number of benzene rings is 1. The highest BCUT2D eigenvalue weighted by molar-refractivity contribution is 8.14. The maximum atomic E-state index is 11.5. The number of aliphatic imine (C=N–C) groups is 1. The van der Waals surface area contributed by atoms with E-state index in [9.17, 15) is 4.79 Å². The fourth-order valence-electron chi connectivity index (χ4n) is 1.95. The summed E-state index contributed by atoms with van der Waals surface area (Å²) < 4.78 is 0. The van der Waals surface area contributed by atoms with Gasteiger partial charge in [-0.1, -0.05) is 49.0 Å². The lowest BCUT2D eigenvalue weighted by Gasteiger charge is -2.09. The number of hydrogen-bond acceptors (Lipinski definition) is 4. The van der Waals surface area contributed by atoms with Crippen LogP contribution < -0.4 is 10.6 Å². The van der Waals surface area contributed by atoms with Crippen molar-refractivity contribution in [2.75, 3.05) is 19.6 Å². The SMILES string of the molecule is CCCNC(=O)CCNC1=NCC(c2ccccc2)S1. The van der Waals surface area contributed by atoms with Crippen LogP contribution in [0, 0.1) is 0 Å². The maximum absolute atomic E-state index is 11.5. The second kappa shape index (κ2) is 7.94. The summed E-state index contributed by atoms with van der Waals surface area (Å²) in [5.74, 6) is 0.0996. The summed E-state index contributed by atoms with van der Waals surface area (Å²) in [4.78, 5) is 16.0. The Kier molecular flexibility index (Phi) is 5.92. The van der Waals surface area contributed by atoms with E-state index in [2.05, 4.69) is 39.9 Å². The monoisotopic (exact) mass is 291 g/mol. The lowest BCUT2D eigenvalue weighted by molar-refractivity contribution is -0.120. The number of thioether (sulfide) groups is 1. The molecule has 0 aromatic heterocycles. The van der Waals surface area contributed by atoms with Crippen molar-refractivity contribution in [1.29, 1.82) is 0 Å².